The van der Waals surface area contributed by atoms with Crippen LogP contribution in [0.4, 0.5) is 5.69 Å². The summed E-state index contributed by atoms with van der Waals surface area (Å²) in [7, 11) is 0. The molecule has 1 aliphatic heterocycles. The van der Waals surface area contributed by atoms with Crippen LogP contribution in [0.3, 0.4) is 0 Å². The van der Waals surface area contributed by atoms with E-state index >= 15 is 0 Å². The van der Waals surface area contributed by atoms with Crippen molar-refractivity contribution in [3.8, 4) is 5.75 Å². The van der Waals surface area contributed by atoms with Gasteiger partial charge in [0, 0.05) is 6.61 Å². The van der Waals surface area contributed by atoms with Crippen LogP contribution in [0.1, 0.15) is 19.3 Å². The molecule has 1 saturated heterocycles. The van der Waals surface area contributed by atoms with Gasteiger partial charge in [-0.05, 0) is 31.4 Å². The third kappa shape index (κ3) is 2.80. The van der Waals surface area contributed by atoms with E-state index in [1.165, 1.54) is 6.42 Å². The zero-order valence-electron chi connectivity index (χ0n) is 9.12. The predicted octanol–water partition coefficient (Wildman–Crippen LogP) is 2.87. The fraction of sp³-hybridized carbons (Fsp3) is 0.500. The number of hydrogen-bond acceptors (Lipinski definition) is 3. The molecular weight excluding hydrogens is 226 g/mol. The Labute approximate surface area is 100 Å². The van der Waals surface area contributed by atoms with Crippen molar-refractivity contribution in [2.45, 2.75) is 25.4 Å². The second-order valence-corrected chi connectivity index (χ2v) is 4.36. The molecule has 0 amide bonds. The Morgan fingerprint density at radius 1 is 1.44 bits per heavy atom. The number of nitrogens with two attached hydrogens (primary N) is 1. The smallest absolute Gasteiger partial charge is 0.160 e. The lowest BCUT2D eigenvalue weighted by atomic mass is 10.1. The highest BCUT2D eigenvalue weighted by Crippen LogP contribution is 2.31. The van der Waals surface area contributed by atoms with Gasteiger partial charge in [0.05, 0.1) is 16.8 Å². The third-order valence-electron chi connectivity index (χ3n) is 2.68. The van der Waals surface area contributed by atoms with Crippen molar-refractivity contribution in [3.05, 3.63) is 23.2 Å². The number of hydrogen-bond donors (Lipinski definition) is 1. The van der Waals surface area contributed by atoms with Crippen molar-refractivity contribution in [3.63, 3.8) is 0 Å². The Kier molecular flexibility index (Phi) is 3.91. The van der Waals surface area contributed by atoms with Gasteiger partial charge in [0.2, 0.25) is 0 Å². The largest absolute Gasteiger partial charge is 0.487 e. The quantitative estimate of drug-likeness (QED) is 0.828. The second-order valence-electron chi connectivity index (χ2n) is 3.96. The van der Waals surface area contributed by atoms with Crippen molar-refractivity contribution in [1.82, 2.24) is 0 Å². The minimum Gasteiger partial charge on any atom is -0.487 e. The molecule has 3 nitrogen and oxygen atoms in total. The molecule has 88 valence electrons. The number of anilines is 1. The summed E-state index contributed by atoms with van der Waals surface area (Å²) in [5.74, 6) is 0.568. The molecule has 1 aliphatic rings. The maximum Gasteiger partial charge on any atom is 0.160 e. The van der Waals surface area contributed by atoms with E-state index in [1.54, 1.807) is 12.1 Å². The summed E-state index contributed by atoms with van der Waals surface area (Å²) in [6.07, 6.45) is 3.56. The molecule has 0 unspecified atom stereocenters. The highest BCUT2D eigenvalue weighted by molar-refractivity contribution is 6.32. The van der Waals surface area contributed by atoms with Crippen LogP contribution < -0.4 is 10.5 Å². The Hall–Kier alpha value is -0.930. The number of halogens is 1. The first-order valence-corrected chi connectivity index (χ1v) is 5.93. The van der Waals surface area contributed by atoms with Crippen molar-refractivity contribution < 1.29 is 9.47 Å². The molecule has 0 bridgehead atoms. The van der Waals surface area contributed by atoms with Gasteiger partial charge >= 0.3 is 0 Å². The van der Waals surface area contributed by atoms with Crippen LogP contribution in [0.5, 0.6) is 5.75 Å². The van der Waals surface area contributed by atoms with Gasteiger partial charge < -0.3 is 15.2 Å². The molecule has 0 spiro atoms. The van der Waals surface area contributed by atoms with Crippen molar-refractivity contribution in [1.29, 1.82) is 0 Å². The first-order valence-electron chi connectivity index (χ1n) is 5.56. The average Bonchev–Trinajstić information content (AvgIpc) is 2.30. The highest BCUT2D eigenvalue weighted by Gasteiger charge is 2.15. The van der Waals surface area contributed by atoms with E-state index in [-0.39, 0.29) is 6.10 Å². The highest BCUT2D eigenvalue weighted by atomic mass is 35.5. The Morgan fingerprint density at radius 2 is 2.31 bits per heavy atom. The number of rotatable bonds is 3. The van der Waals surface area contributed by atoms with Gasteiger partial charge in [-0.3, -0.25) is 0 Å². The third-order valence-corrected chi connectivity index (χ3v) is 2.98. The zero-order chi connectivity index (χ0) is 11.4. The molecule has 0 saturated carbocycles. The first kappa shape index (κ1) is 11.6. The van der Waals surface area contributed by atoms with Crippen molar-refractivity contribution in [2.24, 2.45) is 0 Å². The number of ether oxygens (including phenoxy) is 2. The number of para-hydroxylation sites is 1. The summed E-state index contributed by atoms with van der Waals surface area (Å²) in [4.78, 5) is 0. The summed E-state index contributed by atoms with van der Waals surface area (Å²) < 4.78 is 11.2. The van der Waals surface area contributed by atoms with Gasteiger partial charge in [0.25, 0.3) is 0 Å². The van der Waals surface area contributed by atoms with Crippen molar-refractivity contribution in [2.75, 3.05) is 18.9 Å². The molecule has 1 heterocycles. The molecule has 2 N–H and O–H groups in total. The molecule has 1 aromatic rings. The summed E-state index contributed by atoms with van der Waals surface area (Å²) in [6.45, 7) is 1.35. The second kappa shape index (κ2) is 5.41. The SMILES string of the molecule is Nc1cccc(Cl)c1OC[C@@H]1CCCCO1. The predicted molar refractivity (Wildman–Crippen MR) is 65.0 cm³/mol. The Balaban J connectivity index is 1.93. The maximum absolute atomic E-state index is 6.00. The summed E-state index contributed by atoms with van der Waals surface area (Å²) in [5, 5.41) is 0.552. The molecule has 1 aromatic carbocycles. The van der Waals surface area contributed by atoms with E-state index in [9.17, 15) is 0 Å². The minimum atomic E-state index is 0.171. The normalized spacial score (nSPS) is 20.7. The van der Waals surface area contributed by atoms with Gasteiger partial charge in [-0.15, -0.1) is 0 Å². The van der Waals surface area contributed by atoms with Crippen molar-refractivity contribution >= 4 is 17.3 Å². The van der Waals surface area contributed by atoms with E-state index in [4.69, 9.17) is 26.8 Å². The fourth-order valence-electron chi connectivity index (χ4n) is 1.79. The molecule has 2 rings (SSSR count). The van der Waals surface area contributed by atoms with Gasteiger partial charge in [0.15, 0.2) is 5.75 Å². The van der Waals surface area contributed by atoms with Gasteiger partial charge in [-0.2, -0.15) is 0 Å². The molecule has 0 aromatic heterocycles. The van der Waals surface area contributed by atoms with E-state index in [0.29, 0.717) is 23.1 Å². The lowest BCUT2D eigenvalue weighted by Gasteiger charge is -2.23. The minimum absolute atomic E-state index is 0.171. The number of nitrogen functional groups attached to an aromatic ring is 1. The van der Waals surface area contributed by atoms with E-state index in [1.807, 2.05) is 6.07 Å². The average molecular weight is 242 g/mol. The van der Waals surface area contributed by atoms with Gasteiger partial charge in [-0.1, -0.05) is 17.7 Å². The molecule has 1 atom stereocenters. The molecule has 1 fully saturated rings. The molecular formula is C12H16ClNO2. The molecule has 4 heteroatoms. The van der Waals surface area contributed by atoms with Crippen LogP contribution in [-0.4, -0.2) is 19.3 Å². The monoisotopic (exact) mass is 241 g/mol. The van der Waals surface area contributed by atoms with Crippen LogP contribution in [0.25, 0.3) is 0 Å². The van der Waals surface area contributed by atoms with Crippen LogP contribution >= 0.6 is 11.6 Å². The van der Waals surface area contributed by atoms with Crippen LogP contribution in [0.2, 0.25) is 5.02 Å². The Bertz CT molecular complexity index is 331. The van der Waals surface area contributed by atoms with E-state index in [0.717, 1.165) is 19.4 Å². The van der Waals surface area contributed by atoms with Gasteiger partial charge in [0.1, 0.15) is 6.61 Å². The van der Waals surface area contributed by atoms with E-state index in [2.05, 4.69) is 0 Å². The zero-order valence-corrected chi connectivity index (χ0v) is 9.87. The summed E-state index contributed by atoms with van der Waals surface area (Å²) in [5.41, 5.74) is 6.36. The lowest BCUT2D eigenvalue weighted by molar-refractivity contribution is -0.0109. The summed E-state index contributed by atoms with van der Waals surface area (Å²) >= 11 is 6.00. The van der Waals surface area contributed by atoms with Crippen LogP contribution in [0, 0.1) is 0 Å². The van der Waals surface area contributed by atoms with Gasteiger partial charge in [-0.25, -0.2) is 0 Å². The number of benzene rings is 1. The standard InChI is InChI=1S/C12H16ClNO2/c13-10-5-3-6-11(14)12(10)16-8-9-4-1-2-7-15-9/h3,5-6,9H,1-2,4,7-8,14H2/t9-/m0/s1. The molecule has 16 heavy (non-hydrogen) atoms. The summed E-state index contributed by atoms with van der Waals surface area (Å²) in [6, 6.07) is 5.36. The molecule has 0 aliphatic carbocycles. The van der Waals surface area contributed by atoms with Crippen LogP contribution in [0.15, 0.2) is 18.2 Å². The van der Waals surface area contributed by atoms with Crippen LogP contribution in [-0.2, 0) is 4.74 Å². The molecule has 0 radical (unpaired) electrons. The fourth-order valence-corrected chi connectivity index (χ4v) is 2.03. The lowest BCUT2D eigenvalue weighted by Crippen LogP contribution is -2.26. The Morgan fingerprint density at radius 3 is 3.00 bits per heavy atom. The topological polar surface area (TPSA) is 44.5 Å². The maximum atomic E-state index is 6.00. The first-order chi connectivity index (χ1) is 7.77. The van der Waals surface area contributed by atoms with E-state index < -0.39 is 0 Å².